The number of hydrogen-bond donors (Lipinski definition) is 0. The Morgan fingerprint density at radius 3 is 2.77 bits per heavy atom. The van der Waals surface area contributed by atoms with Gasteiger partial charge in [0, 0.05) is 23.0 Å². The predicted molar refractivity (Wildman–Crippen MR) is 116 cm³/mol. The lowest BCUT2D eigenvalue weighted by Gasteiger charge is -2.16. The highest BCUT2D eigenvalue weighted by molar-refractivity contribution is 7.99. The number of para-hydroxylation sites is 2. The zero-order valence-electron chi connectivity index (χ0n) is 17.2. The van der Waals surface area contributed by atoms with Gasteiger partial charge in [-0.1, -0.05) is 23.9 Å². The van der Waals surface area contributed by atoms with Gasteiger partial charge in [0.1, 0.15) is 11.3 Å². The molecule has 0 aliphatic carbocycles. The van der Waals surface area contributed by atoms with E-state index in [2.05, 4.69) is 4.98 Å². The third kappa shape index (κ3) is 4.69. The Balaban J connectivity index is 1.34. The Morgan fingerprint density at radius 1 is 1.29 bits per heavy atom. The monoisotopic (exact) mass is 462 g/mol. The number of aromatic nitrogens is 2. The number of carbonyl (C=O) groups is 2. The van der Waals surface area contributed by atoms with Crippen LogP contribution < -0.4 is 0 Å². The van der Waals surface area contributed by atoms with E-state index >= 15 is 0 Å². The van der Waals surface area contributed by atoms with Crippen LogP contribution in [-0.2, 0) is 19.4 Å². The zero-order valence-corrected chi connectivity index (χ0v) is 18.8. The van der Waals surface area contributed by atoms with Crippen molar-refractivity contribution in [3.05, 3.63) is 47.3 Å². The molecule has 164 valence electrons. The summed E-state index contributed by atoms with van der Waals surface area (Å²) in [6, 6.07) is 8.86. The Kier molecular flexibility index (Phi) is 5.94. The molecule has 0 bridgehead atoms. The summed E-state index contributed by atoms with van der Waals surface area (Å²) in [7, 11) is -3.04. The molecule has 1 saturated heterocycles. The molecule has 1 aliphatic heterocycles. The lowest BCUT2D eigenvalue weighted by molar-refractivity contribution is -0.139. The van der Waals surface area contributed by atoms with E-state index in [-0.39, 0.29) is 35.7 Å². The maximum absolute atomic E-state index is 12.6. The second-order valence-electron chi connectivity index (χ2n) is 7.53. The number of hydrogen-bond acceptors (Lipinski definition) is 8. The molecular weight excluding hydrogens is 440 g/mol. The minimum atomic E-state index is -3.04. The van der Waals surface area contributed by atoms with Crippen LogP contribution in [0.5, 0.6) is 0 Å². The van der Waals surface area contributed by atoms with E-state index in [1.807, 2.05) is 29.7 Å². The quantitative estimate of drug-likeness (QED) is 0.299. The van der Waals surface area contributed by atoms with Crippen molar-refractivity contribution in [2.24, 2.45) is 0 Å². The van der Waals surface area contributed by atoms with Gasteiger partial charge >= 0.3 is 5.97 Å². The first-order valence-electron chi connectivity index (χ1n) is 9.79. The molecule has 3 aromatic rings. The first-order chi connectivity index (χ1) is 14.7. The summed E-state index contributed by atoms with van der Waals surface area (Å²) in [4.78, 5) is 29.0. The number of sulfone groups is 1. The van der Waals surface area contributed by atoms with Crippen LogP contribution in [0.1, 0.15) is 34.2 Å². The molecule has 0 N–H and O–H groups in total. The third-order valence-corrected chi connectivity index (χ3v) is 7.86. The Morgan fingerprint density at radius 2 is 2.06 bits per heavy atom. The smallest absolute Gasteiger partial charge is 0.316 e. The molecule has 4 rings (SSSR count). The molecule has 3 heterocycles. The van der Waals surface area contributed by atoms with Gasteiger partial charge in [-0.15, -0.1) is 0 Å². The van der Waals surface area contributed by atoms with E-state index in [0.717, 1.165) is 17.5 Å². The maximum Gasteiger partial charge on any atom is 0.316 e. The molecular formula is C21H22N2O6S2. The number of ketones is 1. The standard InChI is InChI=1S/C21H22N2O6S2/c1-13-9-16(14(2)23(13)15-7-8-31(26,27)12-15)18(24)10-28-20(25)11-30-21-22-17-5-3-4-6-19(17)29-21/h3-6,9,15H,7-8,10-12H2,1-2H3. The Labute approximate surface area is 183 Å². The number of Topliss-reactive ketones (excluding diaryl/α,β-unsaturated/α-hetero) is 1. The summed E-state index contributed by atoms with van der Waals surface area (Å²) in [5, 5.41) is 0.361. The average molecular weight is 463 g/mol. The molecule has 1 fully saturated rings. The molecule has 0 amide bonds. The van der Waals surface area contributed by atoms with Gasteiger partial charge in [-0.3, -0.25) is 9.59 Å². The van der Waals surface area contributed by atoms with Crippen molar-refractivity contribution in [1.82, 2.24) is 9.55 Å². The zero-order chi connectivity index (χ0) is 22.2. The summed E-state index contributed by atoms with van der Waals surface area (Å²) >= 11 is 1.10. The van der Waals surface area contributed by atoms with Crippen molar-refractivity contribution >= 4 is 44.5 Å². The fourth-order valence-electron chi connectivity index (χ4n) is 3.90. The van der Waals surface area contributed by atoms with Crippen LogP contribution in [0.4, 0.5) is 0 Å². The topological polar surface area (TPSA) is 108 Å². The SMILES string of the molecule is Cc1cc(C(=O)COC(=O)CSc2nc3ccccc3o2)c(C)n1C1CCS(=O)(=O)C1. The minimum Gasteiger partial charge on any atom is -0.457 e. The molecule has 2 aromatic heterocycles. The van der Waals surface area contributed by atoms with Crippen molar-refractivity contribution < 1.29 is 27.2 Å². The molecule has 0 saturated carbocycles. The summed E-state index contributed by atoms with van der Waals surface area (Å²) in [5.41, 5.74) is 3.31. The molecule has 0 spiro atoms. The minimum absolute atomic E-state index is 0.0287. The maximum atomic E-state index is 12.6. The van der Waals surface area contributed by atoms with Gasteiger partial charge < -0.3 is 13.7 Å². The molecule has 31 heavy (non-hydrogen) atoms. The van der Waals surface area contributed by atoms with Gasteiger partial charge in [0.05, 0.1) is 11.5 Å². The van der Waals surface area contributed by atoms with Crippen molar-refractivity contribution in [2.75, 3.05) is 23.9 Å². The van der Waals surface area contributed by atoms with Crippen LogP contribution in [0.2, 0.25) is 0 Å². The van der Waals surface area contributed by atoms with Gasteiger partial charge in [0.2, 0.25) is 5.78 Å². The highest BCUT2D eigenvalue weighted by Gasteiger charge is 2.31. The molecule has 1 unspecified atom stereocenters. The lowest BCUT2D eigenvalue weighted by Crippen LogP contribution is -2.17. The number of aryl methyl sites for hydroxylation is 1. The van der Waals surface area contributed by atoms with Gasteiger partial charge in [-0.05, 0) is 38.5 Å². The van der Waals surface area contributed by atoms with E-state index in [1.54, 1.807) is 19.1 Å². The largest absolute Gasteiger partial charge is 0.457 e. The number of rotatable bonds is 7. The van der Waals surface area contributed by atoms with Gasteiger partial charge in [0.15, 0.2) is 22.0 Å². The van der Waals surface area contributed by atoms with E-state index in [4.69, 9.17) is 9.15 Å². The molecule has 10 heteroatoms. The van der Waals surface area contributed by atoms with Crippen molar-refractivity contribution in [2.45, 2.75) is 31.5 Å². The van der Waals surface area contributed by atoms with Crippen LogP contribution in [0, 0.1) is 13.8 Å². The predicted octanol–water partition coefficient (Wildman–Crippen LogP) is 3.12. The van der Waals surface area contributed by atoms with E-state index < -0.39 is 15.8 Å². The molecule has 1 aromatic carbocycles. The first kappa shape index (κ1) is 21.6. The van der Waals surface area contributed by atoms with Gasteiger partial charge in [-0.25, -0.2) is 13.4 Å². The lowest BCUT2D eigenvalue weighted by atomic mass is 10.1. The fraction of sp³-hybridized carbons (Fsp3) is 0.381. The molecule has 8 nitrogen and oxygen atoms in total. The number of esters is 1. The van der Waals surface area contributed by atoms with Gasteiger partial charge in [-0.2, -0.15) is 0 Å². The Hall–Kier alpha value is -2.59. The van der Waals surface area contributed by atoms with E-state index in [9.17, 15) is 18.0 Å². The second kappa shape index (κ2) is 8.51. The molecule has 0 radical (unpaired) electrons. The number of fused-ring (bicyclic) bond motifs is 1. The van der Waals surface area contributed by atoms with E-state index in [1.165, 1.54) is 0 Å². The summed E-state index contributed by atoms with van der Waals surface area (Å²) in [5.74, 6) is -0.650. The number of carbonyl (C=O) groups excluding carboxylic acids is 2. The summed E-state index contributed by atoms with van der Waals surface area (Å²) in [6.45, 7) is 3.26. The van der Waals surface area contributed by atoms with Crippen LogP contribution in [0.25, 0.3) is 11.1 Å². The fourth-order valence-corrected chi connectivity index (χ4v) is 6.24. The number of oxazole rings is 1. The second-order valence-corrected chi connectivity index (χ2v) is 10.7. The van der Waals surface area contributed by atoms with Crippen molar-refractivity contribution in [1.29, 1.82) is 0 Å². The number of ether oxygens (including phenoxy) is 1. The number of benzene rings is 1. The molecule has 1 aliphatic rings. The van der Waals surface area contributed by atoms with Gasteiger partial charge in [0.25, 0.3) is 5.22 Å². The highest BCUT2D eigenvalue weighted by Crippen LogP contribution is 2.29. The van der Waals surface area contributed by atoms with Crippen LogP contribution in [0.3, 0.4) is 0 Å². The van der Waals surface area contributed by atoms with Crippen LogP contribution >= 0.6 is 11.8 Å². The Bertz CT molecular complexity index is 1230. The summed E-state index contributed by atoms with van der Waals surface area (Å²) < 4.78 is 36.2. The average Bonchev–Trinajstić information content (AvgIpc) is 3.38. The normalized spacial score (nSPS) is 17.8. The van der Waals surface area contributed by atoms with Crippen molar-refractivity contribution in [3.63, 3.8) is 0 Å². The summed E-state index contributed by atoms with van der Waals surface area (Å²) in [6.07, 6.45) is 0.536. The molecule has 1 atom stereocenters. The first-order valence-corrected chi connectivity index (χ1v) is 12.6. The van der Waals surface area contributed by atoms with Crippen LogP contribution in [0.15, 0.2) is 40.0 Å². The highest BCUT2D eigenvalue weighted by atomic mass is 32.2. The van der Waals surface area contributed by atoms with Crippen molar-refractivity contribution in [3.8, 4) is 0 Å². The van der Waals surface area contributed by atoms with Crippen LogP contribution in [-0.4, -0.2) is 53.6 Å². The number of thioether (sulfide) groups is 1. The van der Waals surface area contributed by atoms with E-state index in [0.29, 0.717) is 34.0 Å². The third-order valence-electron chi connectivity index (χ3n) is 5.31. The number of nitrogens with zero attached hydrogens (tertiary/aromatic N) is 2.